The molecule has 1 aromatic carbocycles. The summed E-state index contributed by atoms with van der Waals surface area (Å²) in [5.41, 5.74) is 0.792. The maximum absolute atomic E-state index is 12.8. The Kier molecular flexibility index (Phi) is 5.48. The van der Waals surface area contributed by atoms with Gasteiger partial charge in [0.25, 0.3) is 5.91 Å². The molecule has 1 saturated carbocycles. The first-order valence-corrected chi connectivity index (χ1v) is 9.57. The van der Waals surface area contributed by atoms with Crippen LogP contribution in [0.2, 0.25) is 0 Å². The van der Waals surface area contributed by atoms with Crippen LogP contribution < -0.4 is 10.1 Å². The first kappa shape index (κ1) is 21.2. The van der Waals surface area contributed by atoms with Crippen LogP contribution in [0.4, 0.5) is 13.2 Å². The number of hydrogen-bond donors (Lipinski definition) is 1. The van der Waals surface area contributed by atoms with Crippen molar-refractivity contribution in [3.05, 3.63) is 59.6 Å². The highest BCUT2D eigenvalue weighted by Crippen LogP contribution is 2.42. The molecule has 12 heteroatoms. The molecular formula is C20H16F3N7O2. The lowest BCUT2D eigenvalue weighted by Crippen LogP contribution is -2.29. The summed E-state index contributed by atoms with van der Waals surface area (Å²) >= 11 is 0. The number of carbonyl (C=O) groups is 1. The Balaban J connectivity index is 1.57. The number of halogens is 3. The van der Waals surface area contributed by atoms with Crippen molar-refractivity contribution in [3.63, 3.8) is 0 Å². The smallest absolute Gasteiger partial charge is 0.406 e. The van der Waals surface area contributed by atoms with Gasteiger partial charge in [0, 0.05) is 11.6 Å². The molecule has 0 aliphatic heterocycles. The number of nitriles is 1. The average molecular weight is 443 g/mol. The van der Waals surface area contributed by atoms with Gasteiger partial charge in [0.15, 0.2) is 11.6 Å². The van der Waals surface area contributed by atoms with Crippen LogP contribution >= 0.6 is 0 Å². The minimum absolute atomic E-state index is 0.0420. The minimum atomic E-state index is -4.86. The normalized spacial score (nSPS) is 14.5. The zero-order chi connectivity index (χ0) is 22.9. The molecule has 1 aliphatic rings. The Morgan fingerprint density at radius 3 is 2.69 bits per heavy atom. The molecule has 2 heterocycles. The largest absolute Gasteiger partial charge is 0.573 e. The third kappa shape index (κ3) is 4.83. The molecule has 0 spiro atoms. The van der Waals surface area contributed by atoms with Crippen molar-refractivity contribution >= 4 is 5.91 Å². The molecule has 3 aromatic rings. The van der Waals surface area contributed by atoms with Gasteiger partial charge in [-0.3, -0.25) is 4.79 Å². The fourth-order valence-corrected chi connectivity index (χ4v) is 3.19. The standard InChI is InChI=1S/C20H16F3N7O2/c1-11(18-27-10-28-30(18)17-7-15(8-24)25-9-26-17)29-19(31)14-4-13(12-2-3-12)5-16(6-14)32-20(21,22)23/h4-7,9-12H,2-3H2,1H3,(H,29,31). The van der Waals surface area contributed by atoms with E-state index in [0.29, 0.717) is 11.4 Å². The van der Waals surface area contributed by atoms with E-state index in [1.807, 2.05) is 6.07 Å². The number of rotatable bonds is 6. The SMILES string of the molecule is CC(NC(=O)c1cc(OC(F)(F)F)cc(C2CC2)c1)c1ncnn1-c1cc(C#N)ncn1. The van der Waals surface area contributed by atoms with E-state index < -0.39 is 24.1 Å². The summed E-state index contributed by atoms with van der Waals surface area (Å²) in [6.45, 7) is 1.64. The van der Waals surface area contributed by atoms with Crippen LogP contribution in [-0.4, -0.2) is 37.0 Å². The van der Waals surface area contributed by atoms with Gasteiger partial charge in [-0.05, 0) is 49.4 Å². The lowest BCUT2D eigenvalue weighted by molar-refractivity contribution is -0.274. The molecular weight excluding hydrogens is 427 g/mol. The number of ether oxygens (including phenoxy) is 1. The molecule has 1 fully saturated rings. The van der Waals surface area contributed by atoms with Gasteiger partial charge in [-0.15, -0.1) is 13.2 Å². The molecule has 164 valence electrons. The summed E-state index contributed by atoms with van der Waals surface area (Å²) in [7, 11) is 0. The fraction of sp³-hybridized carbons (Fsp3) is 0.300. The van der Waals surface area contributed by atoms with E-state index in [0.717, 1.165) is 18.9 Å². The molecule has 32 heavy (non-hydrogen) atoms. The quantitative estimate of drug-likeness (QED) is 0.621. The minimum Gasteiger partial charge on any atom is -0.406 e. The van der Waals surface area contributed by atoms with Crippen molar-refractivity contribution in [2.75, 3.05) is 0 Å². The van der Waals surface area contributed by atoms with Crippen molar-refractivity contribution in [1.29, 1.82) is 5.26 Å². The van der Waals surface area contributed by atoms with E-state index in [4.69, 9.17) is 5.26 Å². The highest BCUT2D eigenvalue weighted by Gasteiger charge is 2.33. The molecule has 1 N–H and O–H groups in total. The van der Waals surface area contributed by atoms with Crippen molar-refractivity contribution in [1.82, 2.24) is 30.0 Å². The predicted octanol–water partition coefficient (Wildman–Crippen LogP) is 3.20. The van der Waals surface area contributed by atoms with Gasteiger partial charge in [0.2, 0.25) is 0 Å². The van der Waals surface area contributed by atoms with E-state index in [2.05, 4.69) is 30.1 Å². The summed E-state index contributed by atoms with van der Waals surface area (Å²) in [6, 6.07) is 6.56. The summed E-state index contributed by atoms with van der Waals surface area (Å²) in [6.07, 6.45) is -0.706. The summed E-state index contributed by atoms with van der Waals surface area (Å²) in [4.78, 5) is 24.8. The maximum atomic E-state index is 12.8. The first-order valence-electron chi connectivity index (χ1n) is 9.57. The van der Waals surface area contributed by atoms with Gasteiger partial charge in [-0.25, -0.2) is 15.0 Å². The van der Waals surface area contributed by atoms with Crippen LogP contribution in [0, 0.1) is 11.3 Å². The number of hydrogen-bond acceptors (Lipinski definition) is 7. The zero-order valence-corrected chi connectivity index (χ0v) is 16.7. The van der Waals surface area contributed by atoms with E-state index in [1.165, 1.54) is 29.5 Å². The number of benzene rings is 1. The Bertz CT molecular complexity index is 1200. The predicted molar refractivity (Wildman–Crippen MR) is 103 cm³/mol. The van der Waals surface area contributed by atoms with Gasteiger partial charge < -0.3 is 10.1 Å². The monoisotopic (exact) mass is 443 g/mol. The van der Waals surface area contributed by atoms with Crippen LogP contribution in [0.1, 0.15) is 59.2 Å². The van der Waals surface area contributed by atoms with E-state index in [9.17, 15) is 18.0 Å². The van der Waals surface area contributed by atoms with Crippen molar-refractivity contribution in [2.45, 2.75) is 38.1 Å². The molecule has 4 rings (SSSR count). The highest BCUT2D eigenvalue weighted by atomic mass is 19.4. The first-order chi connectivity index (χ1) is 15.2. The number of nitrogens with zero attached hydrogens (tertiary/aromatic N) is 6. The molecule has 1 aliphatic carbocycles. The van der Waals surface area contributed by atoms with E-state index in [-0.39, 0.29) is 23.0 Å². The van der Waals surface area contributed by atoms with Crippen molar-refractivity contribution in [2.24, 2.45) is 0 Å². The highest BCUT2D eigenvalue weighted by molar-refractivity contribution is 5.95. The second-order valence-electron chi connectivity index (χ2n) is 7.21. The van der Waals surface area contributed by atoms with Crippen LogP contribution in [-0.2, 0) is 0 Å². The number of aromatic nitrogens is 5. The molecule has 2 aromatic heterocycles. The van der Waals surface area contributed by atoms with Crippen LogP contribution in [0.3, 0.4) is 0 Å². The Morgan fingerprint density at radius 2 is 2.00 bits per heavy atom. The number of nitrogens with one attached hydrogen (secondary N) is 1. The van der Waals surface area contributed by atoms with Crippen molar-refractivity contribution < 1.29 is 22.7 Å². The van der Waals surface area contributed by atoms with Gasteiger partial charge in [0.1, 0.15) is 30.2 Å². The number of alkyl halides is 3. The zero-order valence-electron chi connectivity index (χ0n) is 16.7. The van der Waals surface area contributed by atoms with Crippen molar-refractivity contribution in [3.8, 4) is 17.6 Å². The van der Waals surface area contributed by atoms with E-state index in [1.54, 1.807) is 13.0 Å². The van der Waals surface area contributed by atoms with Gasteiger partial charge in [0.05, 0.1) is 6.04 Å². The third-order valence-electron chi connectivity index (χ3n) is 4.77. The van der Waals surface area contributed by atoms with Crippen LogP contribution in [0.5, 0.6) is 5.75 Å². The Hall–Kier alpha value is -4.01. The molecule has 1 unspecified atom stereocenters. The third-order valence-corrected chi connectivity index (χ3v) is 4.77. The molecule has 0 radical (unpaired) electrons. The van der Waals surface area contributed by atoms with Crippen LogP contribution in [0.25, 0.3) is 5.82 Å². The number of amides is 1. The number of carbonyl (C=O) groups excluding carboxylic acids is 1. The second-order valence-corrected chi connectivity index (χ2v) is 7.21. The topological polar surface area (TPSA) is 119 Å². The Morgan fingerprint density at radius 1 is 1.22 bits per heavy atom. The lowest BCUT2D eigenvalue weighted by Gasteiger charge is -2.16. The second kappa shape index (κ2) is 8.26. The lowest BCUT2D eigenvalue weighted by atomic mass is 10.1. The van der Waals surface area contributed by atoms with Crippen LogP contribution in [0.15, 0.2) is 36.9 Å². The molecule has 0 bridgehead atoms. The molecule has 1 atom stereocenters. The summed E-state index contributed by atoms with van der Waals surface area (Å²) in [5, 5.41) is 15.8. The summed E-state index contributed by atoms with van der Waals surface area (Å²) in [5.74, 6) is -0.325. The Labute approximate surface area is 179 Å². The van der Waals surface area contributed by atoms with Gasteiger partial charge in [-0.1, -0.05) is 0 Å². The van der Waals surface area contributed by atoms with Gasteiger partial charge >= 0.3 is 6.36 Å². The molecule has 1 amide bonds. The average Bonchev–Trinajstić information content (AvgIpc) is 3.48. The maximum Gasteiger partial charge on any atom is 0.573 e. The molecule has 9 nitrogen and oxygen atoms in total. The fourth-order valence-electron chi connectivity index (χ4n) is 3.19. The molecule has 0 saturated heterocycles. The summed E-state index contributed by atoms with van der Waals surface area (Å²) < 4.78 is 43.5. The van der Waals surface area contributed by atoms with E-state index >= 15 is 0 Å². The van der Waals surface area contributed by atoms with Gasteiger partial charge in [-0.2, -0.15) is 15.0 Å².